The van der Waals surface area contributed by atoms with Crippen molar-refractivity contribution in [2.45, 2.75) is 142 Å². The maximum absolute atomic E-state index is 5.95. The van der Waals surface area contributed by atoms with Crippen LogP contribution in [0.5, 0.6) is 11.5 Å². The Balaban J connectivity index is 1.41. The topological polar surface area (TPSA) is 18.5 Å². The van der Waals surface area contributed by atoms with Crippen LogP contribution in [0.2, 0.25) is 0 Å². The lowest BCUT2D eigenvalue weighted by Crippen LogP contribution is -2.00. The van der Waals surface area contributed by atoms with Crippen LogP contribution >= 0.6 is 0 Å². The highest BCUT2D eigenvalue weighted by atomic mass is 16.5. The summed E-state index contributed by atoms with van der Waals surface area (Å²) in [5.41, 5.74) is 2.88. The van der Waals surface area contributed by atoms with E-state index in [4.69, 9.17) is 9.47 Å². The molecule has 0 saturated heterocycles. The summed E-state index contributed by atoms with van der Waals surface area (Å²) in [6, 6.07) is 17.5. The van der Waals surface area contributed by atoms with Crippen LogP contribution in [-0.4, -0.2) is 13.2 Å². The third-order valence-electron chi connectivity index (χ3n) is 7.56. The van der Waals surface area contributed by atoms with Crippen molar-refractivity contribution in [2.24, 2.45) is 0 Å². The quantitative estimate of drug-likeness (QED) is 0.121. The molecule has 0 aliphatic rings. The third-order valence-corrected chi connectivity index (χ3v) is 7.56. The summed E-state index contributed by atoms with van der Waals surface area (Å²) >= 11 is 0. The molecule has 0 heterocycles. The first kappa shape index (κ1) is 32.3. The molecule has 214 valence electrons. The molecule has 0 unspecified atom stereocenters. The fourth-order valence-electron chi connectivity index (χ4n) is 5.01. The number of aryl methyl sites for hydroxylation is 2. The molecule has 0 spiro atoms. The minimum absolute atomic E-state index is 0.804. The number of ether oxygens (including phenoxy) is 2. The summed E-state index contributed by atoms with van der Waals surface area (Å²) in [7, 11) is 0. The van der Waals surface area contributed by atoms with Crippen LogP contribution in [0.15, 0.2) is 48.5 Å². The summed E-state index contributed by atoms with van der Waals surface area (Å²) in [6.07, 6.45) is 26.2. The second-order valence-electron chi connectivity index (χ2n) is 11.1. The second kappa shape index (κ2) is 23.0. The number of hydrogen-bond acceptors (Lipinski definition) is 2. The van der Waals surface area contributed by atoms with Gasteiger partial charge in [0, 0.05) is 0 Å². The van der Waals surface area contributed by atoms with Gasteiger partial charge in [0.2, 0.25) is 0 Å². The smallest absolute Gasteiger partial charge is 0.119 e. The van der Waals surface area contributed by atoms with Gasteiger partial charge >= 0.3 is 0 Å². The van der Waals surface area contributed by atoms with Crippen LogP contribution in [0.4, 0.5) is 0 Å². The Hall–Kier alpha value is -1.96. The summed E-state index contributed by atoms with van der Waals surface area (Å²) in [6.45, 7) is 6.17. The van der Waals surface area contributed by atoms with E-state index in [0.29, 0.717) is 0 Å². The molecule has 0 fully saturated rings. The lowest BCUT2D eigenvalue weighted by atomic mass is 10.0. The zero-order valence-electron chi connectivity index (χ0n) is 25.0. The van der Waals surface area contributed by atoms with Crippen molar-refractivity contribution in [1.82, 2.24) is 0 Å². The normalized spacial score (nSPS) is 11.1. The molecule has 0 atom stereocenters. The van der Waals surface area contributed by atoms with Gasteiger partial charge in [-0.1, -0.05) is 115 Å². The Morgan fingerprint density at radius 3 is 1.05 bits per heavy atom. The lowest BCUT2D eigenvalue weighted by molar-refractivity contribution is 0.287. The minimum atomic E-state index is 0.804. The predicted molar refractivity (Wildman–Crippen MR) is 166 cm³/mol. The molecule has 0 amide bonds. The fourth-order valence-corrected chi connectivity index (χ4v) is 5.01. The van der Waals surface area contributed by atoms with Gasteiger partial charge in [-0.05, 0) is 86.8 Å². The highest BCUT2D eigenvalue weighted by Crippen LogP contribution is 2.17. The van der Waals surface area contributed by atoms with Crippen LogP contribution < -0.4 is 9.47 Å². The zero-order valence-corrected chi connectivity index (χ0v) is 25.0. The second-order valence-corrected chi connectivity index (χ2v) is 11.1. The largest absolute Gasteiger partial charge is 0.494 e. The van der Waals surface area contributed by atoms with Gasteiger partial charge in [0.25, 0.3) is 0 Å². The highest BCUT2D eigenvalue weighted by Gasteiger charge is 2.00. The predicted octanol–water partition coefficient (Wildman–Crippen LogP) is 11.3. The van der Waals surface area contributed by atoms with E-state index in [0.717, 1.165) is 37.6 Å². The summed E-state index contributed by atoms with van der Waals surface area (Å²) in [5, 5.41) is 0. The maximum Gasteiger partial charge on any atom is 0.119 e. The zero-order chi connectivity index (χ0) is 26.9. The molecule has 38 heavy (non-hydrogen) atoms. The molecule has 2 rings (SSSR count). The first-order valence-corrected chi connectivity index (χ1v) is 16.2. The molecule has 0 aromatic heterocycles. The summed E-state index contributed by atoms with van der Waals surface area (Å²) < 4.78 is 11.9. The number of benzene rings is 2. The van der Waals surface area contributed by atoms with E-state index >= 15 is 0 Å². The van der Waals surface area contributed by atoms with Gasteiger partial charge in [-0.25, -0.2) is 0 Å². The number of hydrogen-bond donors (Lipinski definition) is 0. The molecule has 0 bridgehead atoms. The van der Waals surface area contributed by atoms with Crippen molar-refractivity contribution in [3.05, 3.63) is 59.7 Å². The molecule has 0 radical (unpaired) electrons. The van der Waals surface area contributed by atoms with Crippen molar-refractivity contribution >= 4 is 0 Å². The van der Waals surface area contributed by atoms with Crippen molar-refractivity contribution in [1.29, 1.82) is 0 Å². The van der Waals surface area contributed by atoms with Gasteiger partial charge in [-0.3, -0.25) is 0 Å². The van der Waals surface area contributed by atoms with Gasteiger partial charge < -0.3 is 9.47 Å². The molecular formula is C36H58O2. The monoisotopic (exact) mass is 522 g/mol. The molecule has 2 aromatic carbocycles. The average molecular weight is 523 g/mol. The van der Waals surface area contributed by atoms with E-state index in [1.807, 2.05) is 0 Å². The molecule has 0 aliphatic carbocycles. The van der Waals surface area contributed by atoms with Gasteiger partial charge in [-0.15, -0.1) is 0 Å². The Labute approximate surface area is 235 Å². The van der Waals surface area contributed by atoms with Crippen LogP contribution in [0, 0.1) is 0 Å². The number of rotatable bonds is 25. The van der Waals surface area contributed by atoms with Crippen molar-refractivity contribution in [3.8, 4) is 11.5 Å². The van der Waals surface area contributed by atoms with Gasteiger partial charge in [0.1, 0.15) is 11.5 Å². The van der Waals surface area contributed by atoms with Crippen molar-refractivity contribution < 1.29 is 9.47 Å². The SMILES string of the molecule is CCCCCCCCCc1ccc(OCCCCCCOc2ccc(CCCCCCCCC)cc2)cc1. The first-order valence-electron chi connectivity index (χ1n) is 16.2. The Morgan fingerprint density at radius 1 is 0.368 bits per heavy atom. The summed E-state index contributed by atoms with van der Waals surface area (Å²) in [4.78, 5) is 0. The van der Waals surface area contributed by atoms with E-state index < -0.39 is 0 Å². The molecule has 0 aliphatic heterocycles. The van der Waals surface area contributed by atoms with E-state index in [-0.39, 0.29) is 0 Å². The van der Waals surface area contributed by atoms with Crippen LogP contribution in [0.25, 0.3) is 0 Å². The Bertz CT molecular complexity index is 697. The molecule has 0 N–H and O–H groups in total. The number of unbranched alkanes of at least 4 members (excludes halogenated alkanes) is 15. The molecule has 2 aromatic rings. The Morgan fingerprint density at radius 2 is 0.684 bits per heavy atom. The molecule has 0 saturated carbocycles. The highest BCUT2D eigenvalue weighted by molar-refractivity contribution is 5.28. The van der Waals surface area contributed by atoms with E-state index in [9.17, 15) is 0 Å². The molecule has 2 heteroatoms. The lowest BCUT2D eigenvalue weighted by Gasteiger charge is -2.09. The van der Waals surface area contributed by atoms with E-state index in [1.54, 1.807) is 0 Å². The van der Waals surface area contributed by atoms with Crippen LogP contribution in [-0.2, 0) is 12.8 Å². The molecular weight excluding hydrogens is 464 g/mol. The maximum atomic E-state index is 5.95. The van der Waals surface area contributed by atoms with Crippen molar-refractivity contribution in [3.63, 3.8) is 0 Å². The van der Waals surface area contributed by atoms with Gasteiger partial charge in [-0.2, -0.15) is 0 Å². The van der Waals surface area contributed by atoms with Crippen molar-refractivity contribution in [2.75, 3.05) is 13.2 Å². The summed E-state index contributed by atoms with van der Waals surface area (Å²) in [5.74, 6) is 2.01. The van der Waals surface area contributed by atoms with Gasteiger partial charge in [0.15, 0.2) is 0 Å². The Kier molecular flexibility index (Phi) is 19.5. The fraction of sp³-hybridized carbons (Fsp3) is 0.667. The minimum Gasteiger partial charge on any atom is -0.494 e. The van der Waals surface area contributed by atoms with Crippen LogP contribution in [0.1, 0.15) is 141 Å². The average Bonchev–Trinajstić information content (AvgIpc) is 2.95. The first-order chi connectivity index (χ1) is 18.8. The standard InChI is InChI=1S/C36H58O2/c1-3-5-7-9-11-13-17-21-33-23-27-35(28-24-33)37-31-19-15-16-20-32-38-36-29-25-34(26-30-36)22-18-14-12-10-8-6-4-2/h23-30H,3-22,31-32H2,1-2H3. The van der Waals surface area contributed by atoms with E-state index in [1.165, 1.54) is 127 Å². The van der Waals surface area contributed by atoms with Crippen LogP contribution in [0.3, 0.4) is 0 Å². The third kappa shape index (κ3) is 16.8. The van der Waals surface area contributed by atoms with Gasteiger partial charge in [0.05, 0.1) is 13.2 Å². The van der Waals surface area contributed by atoms with E-state index in [2.05, 4.69) is 62.4 Å². The molecule has 2 nitrogen and oxygen atoms in total.